The normalized spacial score (nSPS) is 11.8. The van der Waals surface area contributed by atoms with E-state index in [0.717, 1.165) is 24.2 Å². The van der Waals surface area contributed by atoms with Crippen molar-refractivity contribution in [1.82, 2.24) is 9.97 Å². The van der Waals surface area contributed by atoms with Gasteiger partial charge in [-0.2, -0.15) is 0 Å². The van der Waals surface area contributed by atoms with Gasteiger partial charge in [-0.3, -0.25) is 4.79 Å². The van der Waals surface area contributed by atoms with Gasteiger partial charge in [-0.15, -0.1) is 0 Å². The Morgan fingerprint density at radius 3 is 2.60 bits per heavy atom. The molecule has 4 N–H and O–H groups in total. The van der Waals surface area contributed by atoms with Gasteiger partial charge in [0.15, 0.2) is 0 Å². The molecular weight excluding hydrogens is 258 g/mol. The summed E-state index contributed by atoms with van der Waals surface area (Å²) < 4.78 is 4.65. The van der Waals surface area contributed by atoms with Crippen molar-refractivity contribution in [3.63, 3.8) is 0 Å². The van der Waals surface area contributed by atoms with Crippen LogP contribution in [0, 0.1) is 6.92 Å². The lowest BCUT2D eigenvalue weighted by Crippen LogP contribution is -2.23. The fourth-order valence-corrected chi connectivity index (χ4v) is 1.80. The second-order valence-electron chi connectivity index (χ2n) is 4.68. The van der Waals surface area contributed by atoms with Crippen LogP contribution in [0.4, 0.5) is 11.6 Å². The molecule has 1 unspecified atom stereocenters. The molecule has 0 aliphatic carbocycles. The largest absolute Gasteiger partial charge is 0.469 e. The predicted molar refractivity (Wildman–Crippen MR) is 78.3 cm³/mol. The van der Waals surface area contributed by atoms with Crippen LogP contribution in [0.25, 0.3) is 0 Å². The van der Waals surface area contributed by atoms with E-state index in [9.17, 15) is 4.79 Å². The fourth-order valence-electron chi connectivity index (χ4n) is 1.80. The van der Waals surface area contributed by atoms with Crippen molar-refractivity contribution in [2.45, 2.75) is 46.1 Å². The number of rotatable bonds is 7. The van der Waals surface area contributed by atoms with Crippen LogP contribution in [-0.2, 0) is 16.0 Å². The molecule has 1 atom stereocenters. The molecule has 1 rings (SSSR count). The first-order valence-corrected chi connectivity index (χ1v) is 6.69. The van der Waals surface area contributed by atoms with E-state index in [4.69, 9.17) is 5.84 Å². The summed E-state index contributed by atoms with van der Waals surface area (Å²) in [6.07, 6.45) is 1.99. The van der Waals surface area contributed by atoms with Crippen LogP contribution in [0.5, 0.6) is 0 Å². The van der Waals surface area contributed by atoms with Crippen molar-refractivity contribution in [2.24, 2.45) is 5.84 Å². The van der Waals surface area contributed by atoms with E-state index in [2.05, 4.69) is 32.4 Å². The number of nitrogens with two attached hydrogens (primary N) is 1. The van der Waals surface area contributed by atoms with Crippen LogP contribution >= 0.6 is 0 Å². The third kappa shape index (κ3) is 4.34. The van der Waals surface area contributed by atoms with Gasteiger partial charge in [-0.25, -0.2) is 15.8 Å². The van der Waals surface area contributed by atoms with Gasteiger partial charge >= 0.3 is 5.97 Å². The molecule has 0 spiro atoms. The van der Waals surface area contributed by atoms with E-state index in [1.54, 1.807) is 0 Å². The molecule has 0 bridgehead atoms. The van der Waals surface area contributed by atoms with E-state index in [-0.39, 0.29) is 18.4 Å². The minimum Gasteiger partial charge on any atom is -0.469 e. The van der Waals surface area contributed by atoms with E-state index in [1.807, 2.05) is 13.8 Å². The molecule has 112 valence electrons. The van der Waals surface area contributed by atoms with Crippen LogP contribution in [-0.4, -0.2) is 29.1 Å². The number of nitrogen functional groups attached to an aromatic ring is 1. The van der Waals surface area contributed by atoms with Crippen LogP contribution in [0.2, 0.25) is 0 Å². The number of carbonyl (C=O) groups is 1. The van der Waals surface area contributed by atoms with Crippen LogP contribution < -0.4 is 16.6 Å². The Bertz CT molecular complexity index is 464. The lowest BCUT2D eigenvalue weighted by molar-refractivity contribution is -0.140. The highest BCUT2D eigenvalue weighted by molar-refractivity contribution is 5.70. The van der Waals surface area contributed by atoms with Gasteiger partial charge in [0.25, 0.3) is 0 Å². The molecule has 7 heteroatoms. The Labute approximate surface area is 119 Å². The molecule has 20 heavy (non-hydrogen) atoms. The van der Waals surface area contributed by atoms with Gasteiger partial charge in [0.05, 0.1) is 13.5 Å². The molecule has 0 saturated heterocycles. The number of nitrogens with zero attached hydrogens (tertiary/aromatic N) is 2. The Balaban J connectivity index is 2.92. The summed E-state index contributed by atoms with van der Waals surface area (Å²) >= 11 is 0. The lowest BCUT2D eigenvalue weighted by atomic mass is 10.2. The number of esters is 1. The fraction of sp³-hybridized carbons (Fsp3) is 0.615. The average Bonchev–Trinajstić information content (AvgIpc) is 2.42. The number of ether oxygens (including phenoxy) is 1. The SMILES string of the molecule is CCCc1nc(NN)c(C)c(NC(C)CC(=O)OC)n1. The summed E-state index contributed by atoms with van der Waals surface area (Å²) in [5.41, 5.74) is 3.40. The van der Waals surface area contributed by atoms with Gasteiger partial charge in [0.2, 0.25) is 0 Å². The quantitative estimate of drug-likeness (QED) is 0.394. The summed E-state index contributed by atoms with van der Waals surface area (Å²) in [6, 6.07) is -0.0869. The molecule has 0 radical (unpaired) electrons. The Morgan fingerprint density at radius 1 is 1.40 bits per heavy atom. The van der Waals surface area contributed by atoms with Crippen LogP contribution in [0.1, 0.15) is 38.1 Å². The molecule has 0 aliphatic rings. The third-order valence-corrected chi connectivity index (χ3v) is 2.89. The summed E-state index contributed by atoms with van der Waals surface area (Å²) in [5.74, 6) is 7.22. The summed E-state index contributed by atoms with van der Waals surface area (Å²) in [6.45, 7) is 5.83. The molecule has 1 heterocycles. The highest BCUT2D eigenvalue weighted by atomic mass is 16.5. The Morgan fingerprint density at radius 2 is 2.05 bits per heavy atom. The number of anilines is 2. The Hall–Kier alpha value is -1.89. The van der Waals surface area contributed by atoms with Crippen LogP contribution in [0.15, 0.2) is 0 Å². The van der Waals surface area contributed by atoms with E-state index >= 15 is 0 Å². The summed E-state index contributed by atoms with van der Waals surface area (Å²) in [5, 5.41) is 3.20. The van der Waals surface area contributed by atoms with E-state index in [1.165, 1.54) is 7.11 Å². The second-order valence-corrected chi connectivity index (χ2v) is 4.68. The number of aromatic nitrogens is 2. The summed E-state index contributed by atoms with van der Waals surface area (Å²) in [4.78, 5) is 20.1. The highest BCUT2D eigenvalue weighted by Gasteiger charge is 2.14. The van der Waals surface area contributed by atoms with Crippen molar-refractivity contribution in [3.8, 4) is 0 Å². The van der Waals surface area contributed by atoms with Crippen molar-refractivity contribution in [3.05, 3.63) is 11.4 Å². The van der Waals surface area contributed by atoms with E-state index < -0.39 is 0 Å². The van der Waals surface area contributed by atoms with Gasteiger partial charge < -0.3 is 15.5 Å². The number of carbonyl (C=O) groups excluding carboxylic acids is 1. The molecule has 0 amide bonds. The molecular formula is C13H23N5O2. The van der Waals surface area contributed by atoms with Gasteiger partial charge in [0, 0.05) is 18.0 Å². The molecule has 0 aliphatic heterocycles. The van der Waals surface area contributed by atoms with Crippen molar-refractivity contribution >= 4 is 17.6 Å². The van der Waals surface area contributed by atoms with Gasteiger partial charge in [0.1, 0.15) is 17.5 Å². The van der Waals surface area contributed by atoms with E-state index in [0.29, 0.717) is 11.6 Å². The lowest BCUT2D eigenvalue weighted by Gasteiger charge is -2.17. The van der Waals surface area contributed by atoms with Crippen molar-refractivity contribution in [1.29, 1.82) is 0 Å². The first-order chi connectivity index (χ1) is 9.51. The monoisotopic (exact) mass is 281 g/mol. The Kier molecular flexibility index (Phi) is 6.17. The topological polar surface area (TPSA) is 102 Å². The maximum atomic E-state index is 11.3. The first kappa shape index (κ1) is 16.2. The zero-order valence-corrected chi connectivity index (χ0v) is 12.5. The maximum absolute atomic E-state index is 11.3. The second kappa shape index (κ2) is 7.64. The predicted octanol–water partition coefficient (Wildman–Crippen LogP) is 1.39. The molecule has 0 aromatic carbocycles. The number of methoxy groups -OCH3 is 1. The minimum absolute atomic E-state index is 0.0869. The van der Waals surface area contributed by atoms with Crippen LogP contribution in [0.3, 0.4) is 0 Å². The molecule has 0 fully saturated rings. The highest BCUT2D eigenvalue weighted by Crippen LogP contribution is 2.21. The third-order valence-electron chi connectivity index (χ3n) is 2.89. The first-order valence-electron chi connectivity index (χ1n) is 6.69. The molecule has 0 saturated carbocycles. The molecule has 1 aromatic heterocycles. The smallest absolute Gasteiger partial charge is 0.307 e. The average molecular weight is 281 g/mol. The zero-order chi connectivity index (χ0) is 15.1. The number of aryl methyl sites for hydroxylation is 1. The summed E-state index contributed by atoms with van der Waals surface area (Å²) in [7, 11) is 1.38. The maximum Gasteiger partial charge on any atom is 0.307 e. The molecule has 7 nitrogen and oxygen atoms in total. The van der Waals surface area contributed by atoms with Crippen molar-refractivity contribution in [2.75, 3.05) is 17.9 Å². The number of nitrogens with one attached hydrogen (secondary N) is 2. The number of hydrogen-bond acceptors (Lipinski definition) is 7. The van der Waals surface area contributed by atoms with Gasteiger partial charge in [-0.05, 0) is 20.3 Å². The molecule has 1 aromatic rings. The number of hydrazine groups is 1. The zero-order valence-electron chi connectivity index (χ0n) is 12.5. The minimum atomic E-state index is -0.261. The van der Waals surface area contributed by atoms with Crippen molar-refractivity contribution < 1.29 is 9.53 Å². The van der Waals surface area contributed by atoms with Gasteiger partial charge in [-0.1, -0.05) is 6.92 Å². The standard InChI is InChI=1S/C13H23N5O2/c1-5-6-10-16-12(9(3)13(17-10)18-14)15-8(2)7-11(19)20-4/h8H,5-7,14H2,1-4H3,(H2,15,16,17,18). The number of hydrogen-bond donors (Lipinski definition) is 3.